The van der Waals surface area contributed by atoms with E-state index >= 15 is 0 Å². The van der Waals surface area contributed by atoms with Gasteiger partial charge in [-0.05, 0) is 125 Å². The summed E-state index contributed by atoms with van der Waals surface area (Å²) < 4.78 is 0. The Morgan fingerprint density at radius 3 is 0.662 bits per heavy atom. The Labute approximate surface area is 468 Å². The van der Waals surface area contributed by atoms with Crippen molar-refractivity contribution in [1.29, 1.82) is 0 Å². The molecule has 0 aliphatic heterocycles. The molecule has 0 aliphatic rings. The molecule has 74 heavy (non-hydrogen) atoms. The summed E-state index contributed by atoms with van der Waals surface area (Å²) in [6, 6.07) is 99.5. The minimum atomic E-state index is -1.14. The molecule has 0 saturated carbocycles. The molecule has 0 bridgehead atoms. The third-order valence-corrected chi connectivity index (χ3v) is 19.3. The Morgan fingerprint density at radius 2 is 0.419 bits per heavy atom. The molecule has 0 aromatic heterocycles. The summed E-state index contributed by atoms with van der Waals surface area (Å²) in [5.74, 6) is 4.96. The molecule has 13 rings (SSSR count). The molecule has 0 unspecified atom stereocenters. The molecule has 4 heteroatoms. The first kappa shape index (κ1) is 51.8. The Morgan fingerprint density at radius 1 is 0.216 bits per heavy atom. The van der Waals surface area contributed by atoms with E-state index < -0.39 is 15.8 Å². The van der Waals surface area contributed by atoms with Crippen molar-refractivity contribution in [2.24, 2.45) is 0 Å². The first-order chi connectivity index (χ1) is 35.7. The second kappa shape index (κ2) is 24.3. The van der Waals surface area contributed by atoms with E-state index in [0.717, 1.165) is 11.1 Å². The van der Waals surface area contributed by atoms with Crippen molar-refractivity contribution < 1.29 is 44.8 Å². The quantitative estimate of drug-likeness (QED) is 0.0512. The summed E-state index contributed by atoms with van der Waals surface area (Å²) in [7, 11) is -2.28. The number of hydrogen-bond donors (Lipinski definition) is 0. The van der Waals surface area contributed by atoms with Gasteiger partial charge < -0.3 is 12.8 Å². The molecule has 0 radical (unpaired) electrons. The molecule has 0 heterocycles. The monoisotopic (exact) mass is 1160 g/mol. The van der Waals surface area contributed by atoms with Crippen molar-refractivity contribution in [3.63, 3.8) is 0 Å². The number of fused-ring (bicyclic) bond motifs is 12. The second-order valence-electron chi connectivity index (χ2n) is 17.7. The first-order valence-corrected chi connectivity index (χ1v) is 27.3. The van der Waals surface area contributed by atoms with Crippen molar-refractivity contribution in [2.45, 2.75) is 0 Å². The standard InChI is InChI=1S/C30H24P2.2C20H11.2Ag/c1-5-15-25(16-6-1)31(26-17-7-2-8-18-26)29-23-13-14-24-30(29)32(27-19-9-3-10-20-27)28-21-11-4-12-22-28;2*1-2-14-11-12-19-17-9-4-3-7-15(17)16-8-5-6-10-18(16)20(19)13-14;;/h1-24H;2*3-13H;;/q;2*-1;2*+1/p+2. The van der Waals surface area contributed by atoms with Crippen LogP contribution in [0, 0.1) is 24.7 Å². The average Bonchev–Trinajstić information content (AvgIpc) is 3.47. The molecule has 0 N–H and O–H groups in total. The molecular formula is C70H48Ag2P2+2. The van der Waals surface area contributed by atoms with Crippen molar-refractivity contribution in [3.05, 3.63) is 303 Å². The molecule has 0 aliphatic carbocycles. The van der Waals surface area contributed by atoms with E-state index in [-0.39, 0.29) is 44.8 Å². The predicted octanol–water partition coefficient (Wildman–Crippen LogP) is 14.8. The van der Waals surface area contributed by atoms with E-state index in [0.29, 0.717) is 0 Å². The molecule has 0 amide bonds. The van der Waals surface area contributed by atoms with Gasteiger partial charge in [0.05, 0.1) is 0 Å². The zero-order valence-electron chi connectivity index (χ0n) is 40.2. The first-order valence-electron chi connectivity index (χ1n) is 24.3. The summed E-state index contributed by atoms with van der Waals surface area (Å²) in [5, 5.41) is 23.6. The van der Waals surface area contributed by atoms with E-state index in [9.17, 15) is 0 Å². The van der Waals surface area contributed by atoms with Crippen LogP contribution in [0.3, 0.4) is 0 Å². The average molecular weight is 1170 g/mol. The smallest absolute Gasteiger partial charge is 0.366 e. The van der Waals surface area contributed by atoms with E-state index in [4.69, 9.17) is 12.8 Å². The van der Waals surface area contributed by atoms with Crippen molar-refractivity contribution in [2.75, 3.05) is 0 Å². The van der Waals surface area contributed by atoms with Gasteiger partial charge in [-0.3, -0.25) is 11.8 Å². The normalized spacial score (nSPS) is 10.7. The van der Waals surface area contributed by atoms with Crippen LogP contribution >= 0.6 is 15.8 Å². The van der Waals surface area contributed by atoms with E-state index in [1.54, 1.807) is 0 Å². The van der Waals surface area contributed by atoms with Gasteiger partial charge >= 0.3 is 44.8 Å². The fraction of sp³-hybridized carbons (Fsp3) is 0. The molecule has 0 atom stereocenters. The maximum absolute atomic E-state index is 7.34. The van der Waals surface area contributed by atoms with Crippen LogP contribution in [0.15, 0.2) is 279 Å². The molecule has 13 aromatic carbocycles. The van der Waals surface area contributed by atoms with E-state index in [1.807, 2.05) is 12.1 Å². The van der Waals surface area contributed by atoms with Crippen LogP contribution in [0.25, 0.3) is 64.6 Å². The fourth-order valence-corrected chi connectivity index (χ4v) is 16.3. The van der Waals surface area contributed by atoms with Gasteiger partial charge in [0.2, 0.25) is 0 Å². The van der Waals surface area contributed by atoms with Gasteiger partial charge in [0.25, 0.3) is 0 Å². The van der Waals surface area contributed by atoms with Crippen LogP contribution < -0.4 is 31.8 Å². The largest absolute Gasteiger partial charge is 1.00 e. The van der Waals surface area contributed by atoms with Crippen molar-refractivity contribution in [3.8, 4) is 11.8 Å². The van der Waals surface area contributed by atoms with Crippen LogP contribution in [-0.2, 0) is 44.8 Å². The summed E-state index contributed by atoms with van der Waals surface area (Å²) in [4.78, 5) is 0. The third-order valence-electron chi connectivity index (χ3n) is 13.5. The molecule has 0 saturated heterocycles. The zero-order chi connectivity index (χ0) is 48.6. The topological polar surface area (TPSA) is 0 Å². The Kier molecular flexibility index (Phi) is 17.0. The summed E-state index contributed by atoms with van der Waals surface area (Å²) in [6.07, 6.45) is 14.7. The minimum absolute atomic E-state index is 0. The molecule has 13 aromatic rings. The Bertz CT molecular complexity index is 3710. The molecular weight excluding hydrogens is 1120 g/mol. The van der Waals surface area contributed by atoms with Gasteiger partial charge in [-0.25, -0.2) is 0 Å². The summed E-state index contributed by atoms with van der Waals surface area (Å²) in [6.45, 7) is 0. The van der Waals surface area contributed by atoms with E-state index in [2.05, 4.69) is 279 Å². The van der Waals surface area contributed by atoms with Crippen molar-refractivity contribution in [1.82, 2.24) is 0 Å². The number of hydrogen-bond acceptors (Lipinski definition) is 0. The second-order valence-corrected chi connectivity index (χ2v) is 22.6. The molecule has 0 nitrogen and oxygen atoms in total. The Hall–Kier alpha value is -7.12. The number of benzene rings is 13. The predicted molar refractivity (Wildman–Crippen MR) is 317 cm³/mol. The van der Waals surface area contributed by atoms with Crippen LogP contribution in [-0.4, -0.2) is 0 Å². The van der Waals surface area contributed by atoms with Crippen LogP contribution in [0.4, 0.5) is 0 Å². The van der Waals surface area contributed by atoms with Gasteiger partial charge in [0.15, 0.2) is 0 Å². The summed E-state index contributed by atoms with van der Waals surface area (Å²) >= 11 is 0. The SMILES string of the molecule is [Ag+].[Ag+].[C-]#Cc1ccc2c3ccccc3c3ccccc3c2c1.[C-]#Cc1ccc2c3ccccc3c3ccccc3c2c1.c1ccc([PH+](c2ccccc2)c2ccccc2[PH+](c2ccccc2)c2ccccc2)cc1. The van der Waals surface area contributed by atoms with Gasteiger partial charge in [0.1, 0.15) is 47.7 Å². The summed E-state index contributed by atoms with van der Waals surface area (Å²) in [5.41, 5.74) is 1.64. The number of rotatable bonds is 6. The van der Waals surface area contributed by atoms with Gasteiger partial charge in [0, 0.05) is 0 Å². The fourth-order valence-electron chi connectivity index (χ4n) is 10.3. The van der Waals surface area contributed by atoms with Crippen molar-refractivity contribution >= 4 is 112 Å². The third kappa shape index (κ3) is 10.6. The van der Waals surface area contributed by atoms with Gasteiger partial charge in [-0.1, -0.05) is 194 Å². The Balaban J connectivity index is 0.000000140. The van der Waals surface area contributed by atoms with Crippen LogP contribution in [0.1, 0.15) is 11.1 Å². The maximum Gasteiger partial charge on any atom is 1.00 e. The molecule has 0 spiro atoms. The van der Waals surface area contributed by atoms with Crippen LogP contribution in [0.2, 0.25) is 0 Å². The molecule has 0 fully saturated rings. The maximum atomic E-state index is 7.34. The zero-order valence-corrected chi connectivity index (χ0v) is 45.1. The molecule has 358 valence electrons. The van der Waals surface area contributed by atoms with E-state index in [1.165, 1.54) is 96.5 Å². The minimum Gasteiger partial charge on any atom is -0.366 e. The van der Waals surface area contributed by atoms with Gasteiger partial charge in [-0.15, -0.1) is 35.4 Å². The van der Waals surface area contributed by atoms with Gasteiger partial charge in [-0.2, -0.15) is 0 Å². The van der Waals surface area contributed by atoms with Crippen LogP contribution in [0.5, 0.6) is 0 Å².